The van der Waals surface area contributed by atoms with Crippen molar-refractivity contribution in [3.63, 3.8) is 0 Å². The van der Waals surface area contributed by atoms with Crippen molar-refractivity contribution in [2.75, 3.05) is 0 Å². The number of rotatable bonds is 0. The van der Waals surface area contributed by atoms with Crippen LogP contribution in [0, 0.1) is 10.7 Å². The Morgan fingerprint density at radius 3 is 1.33 bits per heavy atom. The van der Waals surface area contributed by atoms with E-state index >= 15 is 0 Å². The molecule has 0 saturated heterocycles. The van der Waals surface area contributed by atoms with Crippen molar-refractivity contribution in [2.45, 2.75) is 0 Å². The van der Waals surface area contributed by atoms with E-state index in [0.717, 1.165) is 0 Å². The summed E-state index contributed by atoms with van der Waals surface area (Å²) in [5.74, 6) is 0. The molecule has 0 saturated carbocycles. The van der Waals surface area contributed by atoms with Crippen LogP contribution >= 0.6 is 0 Å². The SMILES string of the molecule is N#C[S-].[Br-].[Li+].[Li+]. The van der Waals surface area contributed by atoms with E-state index in [1.165, 1.54) is 5.40 Å². The molecule has 0 aliphatic carbocycles. The maximum absolute atomic E-state index is 7.13. The second-order valence-corrected chi connectivity index (χ2v) is 0.274. The Kier molecular flexibility index (Phi) is 143. The van der Waals surface area contributed by atoms with Gasteiger partial charge in [-0.3, -0.25) is 0 Å². The van der Waals surface area contributed by atoms with Gasteiger partial charge in [-0.15, -0.1) is 0 Å². The van der Waals surface area contributed by atoms with Crippen molar-refractivity contribution in [2.24, 2.45) is 0 Å². The molecule has 5 heteroatoms. The molecule has 0 amide bonds. The second kappa shape index (κ2) is 32.6. The molecular formula is CBrLi2NS. The summed E-state index contributed by atoms with van der Waals surface area (Å²) in [5.41, 5.74) is 0. The minimum Gasteiger partial charge on any atom is -1.00 e. The van der Waals surface area contributed by atoms with Crippen LogP contribution in [0.5, 0.6) is 0 Å². The molecule has 1 nitrogen and oxygen atoms in total. The Morgan fingerprint density at radius 2 is 1.33 bits per heavy atom. The number of hydrogen-bond donors (Lipinski definition) is 0. The first-order valence-electron chi connectivity index (χ1n) is 0.428. The fraction of sp³-hybridized carbons (Fsp3) is 0. The van der Waals surface area contributed by atoms with E-state index in [1.54, 1.807) is 0 Å². The first kappa shape index (κ1) is 26.3. The summed E-state index contributed by atoms with van der Waals surface area (Å²) in [6.45, 7) is 0. The smallest absolute Gasteiger partial charge is 1.00 e. The van der Waals surface area contributed by atoms with Gasteiger partial charge in [0.1, 0.15) is 0 Å². The molecule has 0 spiro atoms. The van der Waals surface area contributed by atoms with Gasteiger partial charge in [0.25, 0.3) is 0 Å². The molecule has 0 rings (SSSR count). The summed E-state index contributed by atoms with van der Waals surface area (Å²) in [4.78, 5) is 0. The first-order valence-corrected chi connectivity index (χ1v) is 0.836. The van der Waals surface area contributed by atoms with Gasteiger partial charge in [-0.1, -0.05) is 5.40 Å². The molecule has 0 bridgehead atoms. The third kappa shape index (κ3) is 54.0. The fourth-order valence-electron chi connectivity index (χ4n) is 0. The van der Waals surface area contributed by atoms with Crippen molar-refractivity contribution in [3.05, 3.63) is 0 Å². The Balaban J connectivity index is -0.00000000667. The maximum atomic E-state index is 7.13. The summed E-state index contributed by atoms with van der Waals surface area (Å²) in [5, 5.41) is 8.47. The summed E-state index contributed by atoms with van der Waals surface area (Å²) in [7, 11) is 0. The normalized spacial score (nSPS) is 1.17. The minimum absolute atomic E-state index is 0. The number of thiocyanates is 1. The molecule has 0 atom stereocenters. The van der Waals surface area contributed by atoms with Gasteiger partial charge in [0, 0.05) is 0 Å². The van der Waals surface area contributed by atoms with Crippen LogP contribution in [-0.2, 0) is 12.6 Å². The summed E-state index contributed by atoms with van der Waals surface area (Å²) < 4.78 is 0. The molecule has 0 aromatic rings. The van der Waals surface area contributed by atoms with Crippen LogP contribution < -0.4 is 54.7 Å². The topological polar surface area (TPSA) is 23.8 Å². The van der Waals surface area contributed by atoms with Crippen LogP contribution in [0.15, 0.2) is 0 Å². The van der Waals surface area contributed by atoms with Crippen molar-refractivity contribution >= 4 is 12.6 Å². The minimum atomic E-state index is 0. The van der Waals surface area contributed by atoms with Crippen molar-refractivity contribution in [1.29, 1.82) is 5.26 Å². The van der Waals surface area contributed by atoms with Crippen molar-refractivity contribution in [3.8, 4) is 5.40 Å². The molecule has 0 unspecified atom stereocenters. The Labute approximate surface area is 77.4 Å². The summed E-state index contributed by atoms with van der Waals surface area (Å²) in [6.07, 6.45) is 0. The molecule has 0 radical (unpaired) electrons. The molecule has 0 heterocycles. The zero-order valence-electron chi connectivity index (χ0n) is 3.73. The molecule has 0 aliphatic rings. The number of hydrogen-bond acceptors (Lipinski definition) is 2. The predicted octanol–water partition coefficient (Wildman–Crippen LogP) is -8.97. The second-order valence-electron chi connectivity index (χ2n) is 0.0913. The van der Waals surface area contributed by atoms with Crippen LogP contribution in [0.4, 0.5) is 0 Å². The van der Waals surface area contributed by atoms with Gasteiger partial charge in [-0.25, -0.2) is 5.26 Å². The quantitative estimate of drug-likeness (QED) is 0.195. The van der Waals surface area contributed by atoms with E-state index in [2.05, 4.69) is 12.6 Å². The molecule has 0 aromatic heterocycles. The van der Waals surface area contributed by atoms with Crippen LogP contribution in [0.1, 0.15) is 0 Å². The summed E-state index contributed by atoms with van der Waals surface area (Å²) >= 11 is 3.70. The third-order valence-electron chi connectivity index (χ3n) is 0. The van der Waals surface area contributed by atoms with E-state index in [4.69, 9.17) is 5.26 Å². The third-order valence-corrected chi connectivity index (χ3v) is 0. The molecule has 0 fully saturated rings. The molecule has 0 aliphatic heterocycles. The van der Waals surface area contributed by atoms with Gasteiger partial charge in [0.15, 0.2) is 0 Å². The van der Waals surface area contributed by atoms with E-state index in [9.17, 15) is 0 Å². The van der Waals surface area contributed by atoms with E-state index < -0.39 is 0 Å². The average molecular weight is 152 g/mol. The van der Waals surface area contributed by atoms with Crippen molar-refractivity contribution < 1.29 is 54.7 Å². The van der Waals surface area contributed by atoms with Gasteiger partial charge in [0.2, 0.25) is 0 Å². The standard InChI is InChI=1S/CHNS.BrH.2Li/c2-1-3;;;/h3H;1H;;/q;;2*+1/p-2. The van der Waals surface area contributed by atoms with Crippen LogP contribution in [-0.4, -0.2) is 0 Å². The van der Waals surface area contributed by atoms with Gasteiger partial charge in [-0.2, -0.15) is 0 Å². The molecule has 0 N–H and O–H groups in total. The van der Waals surface area contributed by atoms with Crippen LogP contribution in [0.25, 0.3) is 0 Å². The van der Waals surface area contributed by atoms with Gasteiger partial charge in [-0.05, 0) is 0 Å². The number of nitrogens with zero attached hydrogens (tertiary/aromatic N) is 1. The fourth-order valence-corrected chi connectivity index (χ4v) is 0. The molecule has 0 aromatic carbocycles. The first-order chi connectivity index (χ1) is 1.41. The average Bonchev–Trinajstić information content (AvgIpc) is 0.918. The van der Waals surface area contributed by atoms with Gasteiger partial charge in [0.05, 0.1) is 0 Å². The molecule has 24 valence electrons. The molecular weight excluding hydrogens is 152 g/mol. The Bertz CT molecular complexity index is 35.0. The predicted molar refractivity (Wildman–Crippen MR) is 13.0 cm³/mol. The van der Waals surface area contributed by atoms with Crippen LogP contribution in [0.3, 0.4) is 0 Å². The van der Waals surface area contributed by atoms with Crippen molar-refractivity contribution in [1.82, 2.24) is 0 Å². The Hall–Kier alpha value is 1.38. The molecule has 6 heavy (non-hydrogen) atoms. The zero-order valence-corrected chi connectivity index (χ0v) is 6.14. The van der Waals surface area contributed by atoms with E-state index in [-0.39, 0.29) is 54.7 Å². The van der Waals surface area contributed by atoms with E-state index in [0.29, 0.717) is 0 Å². The Morgan fingerprint density at radius 1 is 1.33 bits per heavy atom. The van der Waals surface area contributed by atoms with Gasteiger partial charge < -0.3 is 29.6 Å². The van der Waals surface area contributed by atoms with Crippen LogP contribution in [0.2, 0.25) is 0 Å². The number of halogens is 1. The zero-order chi connectivity index (χ0) is 2.71. The maximum Gasteiger partial charge on any atom is 1.00 e. The number of nitriles is 1. The largest absolute Gasteiger partial charge is 1.00 e. The van der Waals surface area contributed by atoms with E-state index in [1.807, 2.05) is 0 Å². The monoisotopic (exact) mass is 151 g/mol. The summed E-state index contributed by atoms with van der Waals surface area (Å²) in [6, 6.07) is 0. The van der Waals surface area contributed by atoms with Gasteiger partial charge >= 0.3 is 37.7 Å².